The number of imide groups is 1. The highest BCUT2D eigenvalue weighted by molar-refractivity contribution is 6.02. The van der Waals surface area contributed by atoms with Gasteiger partial charge in [-0.3, -0.25) is 29.1 Å². The number of carbonyl (C=O) groups is 5. The molecule has 7 N–H and O–H groups in total. The van der Waals surface area contributed by atoms with E-state index in [0.29, 0.717) is 25.5 Å². The summed E-state index contributed by atoms with van der Waals surface area (Å²) in [5.74, 6) is -2.95. The summed E-state index contributed by atoms with van der Waals surface area (Å²) in [6.07, 6.45) is 1.87. The van der Waals surface area contributed by atoms with Gasteiger partial charge in [-0.05, 0) is 38.0 Å². The summed E-state index contributed by atoms with van der Waals surface area (Å²) in [7, 11) is 0. The minimum atomic E-state index is -1.30. The normalized spacial score (nSPS) is 17.3. The number of hydrogen-bond acceptors (Lipinski definition) is 7. The van der Waals surface area contributed by atoms with Gasteiger partial charge < -0.3 is 32.0 Å². The zero-order valence-corrected chi connectivity index (χ0v) is 19.3. The van der Waals surface area contributed by atoms with Gasteiger partial charge >= 0.3 is 5.97 Å². The van der Waals surface area contributed by atoms with Crippen molar-refractivity contribution in [2.45, 2.75) is 76.9 Å². The number of guanidine groups is 1. The molecule has 12 heteroatoms. The number of carboxylic acid groups (broad SMARTS) is 1. The highest BCUT2D eigenvalue weighted by Gasteiger charge is 2.42. The van der Waals surface area contributed by atoms with E-state index in [2.05, 4.69) is 4.99 Å². The molecule has 0 spiro atoms. The van der Waals surface area contributed by atoms with Gasteiger partial charge in [0.15, 0.2) is 5.96 Å². The molecule has 0 aromatic carbocycles. The predicted octanol–water partition coefficient (Wildman–Crippen LogP) is -0.808. The Hall–Kier alpha value is -3.02. The highest BCUT2D eigenvalue weighted by Crippen LogP contribution is 2.23. The van der Waals surface area contributed by atoms with Crippen molar-refractivity contribution in [1.29, 1.82) is 0 Å². The van der Waals surface area contributed by atoms with Crippen LogP contribution in [-0.4, -0.2) is 82.1 Å². The van der Waals surface area contributed by atoms with Gasteiger partial charge in [-0.15, -0.1) is 0 Å². The Bertz CT molecular complexity index is 752. The van der Waals surface area contributed by atoms with E-state index in [1.165, 1.54) is 4.90 Å². The molecule has 12 nitrogen and oxygen atoms in total. The van der Waals surface area contributed by atoms with Crippen molar-refractivity contribution in [2.24, 2.45) is 28.1 Å². The number of nitrogens with zero attached hydrogens (tertiary/aromatic N) is 3. The molecule has 1 heterocycles. The molecule has 33 heavy (non-hydrogen) atoms. The molecule has 0 aliphatic carbocycles. The van der Waals surface area contributed by atoms with Gasteiger partial charge in [0.25, 0.3) is 5.91 Å². The van der Waals surface area contributed by atoms with Gasteiger partial charge in [-0.1, -0.05) is 13.8 Å². The molecule has 1 fully saturated rings. The Morgan fingerprint density at radius 3 is 2.42 bits per heavy atom. The number of aldehydes is 1. The maximum absolute atomic E-state index is 13.5. The Balaban J connectivity index is 3.11. The van der Waals surface area contributed by atoms with Crippen LogP contribution in [0.2, 0.25) is 0 Å². The number of hydrogen-bond donors (Lipinski definition) is 4. The first-order valence-corrected chi connectivity index (χ1v) is 11.1. The van der Waals surface area contributed by atoms with Crippen LogP contribution < -0.4 is 17.2 Å². The SMILES string of the molecule is CC(C)CCC(=O)N(C(=O)[C@@H]1CCCN1C(=O)[C@@H](N)CC(=O)O)[C@H](C=O)CCCN=C(N)N. The molecule has 0 bridgehead atoms. The summed E-state index contributed by atoms with van der Waals surface area (Å²) in [5.41, 5.74) is 16.3. The third-order valence-electron chi connectivity index (χ3n) is 5.42. The molecule has 186 valence electrons. The summed E-state index contributed by atoms with van der Waals surface area (Å²) < 4.78 is 0. The minimum absolute atomic E-state index is 0.0703. The molecule has 1 saturated heterocycles. The van der Waals surface area contributed by atoms with Crippen LogP contribution in [0.1, 0.15) is 58.8 Å². The van der Waals surface area contributed by atoms with Crippen LogP contribution in [-0.2, 0) is 24.0 Å². The van der Waals surface area contributed by atoms with Crippen molar-refractivity contribution < 1.29 is 29.1 Å². The Morgan fingerprint density at radius 1 is 1.21 bits per heavy atom. The van der Waals surface area contributed by atoms with Gasteiger partial charge in [0.1, 0.15) is 12.3 Å². The molecular weight excluding hydrogens is 432 g/mol. The molecule has 0 unspecified atom stereocenters. The van der Waals surface area contributed by atoms with Gasteiger partial charge in [-0.2, -0.15) is 0 Å². The van der Waals surface area contributed by atoms with Gasteiger partial charge in [0.05, 0.1) is 18.5 Å². The van der Waals surface area contributed by atoms with E-state index in [0.717, 1.165) is 4.90 Å². The smallest absolute Gasteiger partial charge is 0.305 e. The highest BCUT2D eigenvalue weighted by atomic mass is 16.4. The average Bonchev–Trinajstić information content (AvgIpc) is 3.22. The molecule has 1 aliphatic rings. The molecule has 3 atom stereocenters. The maximum atomic E-state index is 13.5. The second kappa shape index (κ2) is 13.5. The third kappa shape index (κ3) is 8.79. The number of likely N-dealkylation sites (tertiary alicyclic amines) is 1. The number of carbonyl (C=O) groups excluding carboxylic acids is 4. The lowest BCUT2D eigenvalue weighted by atomic mass is 10.0. The van der Waals surface area contributed by atoms with Crippen LogP contribution in [0, 0.1) is 5.92 Å². The zero-order chi connectivity index (χ0) is 25.1. The number of aliphatic imine (C=N–C) groups is 1. The fourth-order valence-corrected chi connectivity index (χ4v) is 3.71. The van der Waals surface area contributed by atoms with Crippen molar-refractivity contribution in [1.82, 2.24) is 9.80 Å². The lowest BCUT2D eigenvalue weighted by Crippen LogP contribution is -2.56. The van der Waals surface area contributed by atoms with Crippen molar-refractivity contribution >= 4 is 35.9 Å². The van der Waals surface area contributed by atoms with E-state index < -0.39 is 48.2 Å². The zero-order valence-electron chi connectivity index (χ0n) is 19.3. The van der Waals surface area contributed by atoms with Crippen LogP contribution in [0.25, 0.3) is 0 Å². The molecule has 0 aromatic rings. The topological polar surface area (TPSA) is 202 Å². The Labute approximate surface area is 193 Å². The molecule has 0 radical (unpaired) electrons. The van der Waals surface area contributed by atoms with E-state index in [9.17, 15) is 24.0 Å². The first-order chi connectivity index (χ1) is 15.5. The number of amides is 3. The lowest BCUT2D eigenvalue weighted by molar-refractivity contribution is -0.155. The summed E-state index contributed by atoms with van der Waals surface area (Å²) in [6, 6.07) is -3.32. The van der Waals surface area contributed by atoms with Crippen molar-refractivity contribution in [3.63, 3.8) is 0 Å². The van der Waals surface area contributed by atoms with Crippen LogP contribution >= 0.6 is 0 Å². The number of aliphatic carboxylic acids is 1. The predicted molar refractivity (Wildman–Crippen MR) is 121 cm³/mol. The monoisotopic (exact) mass is 468 g/mol. The number of carboxylic acids is 1. The fourth-order valence-electron chi connectivity index (χ4n) is 3.71. The molecule has 0 saturated carbocycles. The molecule has 1 aliphatic heterocycles. The van der Waals surface area contributed by atoms with E-state index in [1.807, 2.05) is 13.8 Å². The summed E-state index contributed by atoms with van der Waals surface area (Å²) in [5, 5.41) is 8.92. The minimum Gasteiger partial charge on any atom is -0.481 e. The second-order valence-corrected chi connectivity index (χ2v) is 8.58. The molecule has 0 aromatic heterocycles. The van der Waals surface area contributed by atoms with Gasteiger partial charge in [-0.25, -0.2) is 0 Å². The van der Waals surface area contributed by atoms with Crippen molar-refractivity contribution in [3.05, 3.63) is 0 Å². The summed E-state index contributed by atoms with van der Waals surface area (Å²) >= 11 is 0. The first-order valence-electron chi connectivity index (χ1n) is 11.1. The third-order valence-corrected chi connectivity index (χ3v) is 5.42. The first kappa shape index (κ1) is 28.0. The van der Waals surface area contributed by atoms with E-state index in [4.69, 9.17) is 22.3 Å². The largest absolute Gasteiger partial charge is 0.481 e. The Kier molecular flexibility index (Phi) is 11.5. The lowest BCUT2D eigenvalue weighted by Gasteiger charge is -2.33. The second-order valence-electron chi connectivity index (χ2n) is 8.58. The Morgan fingerprint density at radius 2 is 1.88 bits per heavy atom. The van der Waals surface area contributed by atoms with E-state index in [-0.39, 0.29) is 44.2 Å². The van der Waals surface area contributed by atoms with E-state index in [1.54, 1.807) is 0 Å². The summed E-state index contributed by atoms with van der Waals surface area (Å²) in [4.78, 5) is 68.0. The number of nitrogens with two attached hydrogens (primary N) is 3. The molecule has 1 rings (SSSR count). The van der Waals surface area contributed by atoms with Gasteiger partial charge in [0, 0.05) is 19.5 Å². The van der Waals surface area contributed by atoms with Gasteiger partial charge in [0.2, 0.25) is 11.8 Å². The average molecular weight is 469 g/mol. The van der Waals surface area contributed by atoms with Crippen molar-refractivity contribution in [3.8, 4) is 0 Å². The van der Waals surface area contributed by atoms with Crippen molar-refractivity contribution in [2.75, 3.05) is 13.1 Å². The number of rotatable bonds is 13. The van der Waals surface area contributed by atoms with Crippen LogP contribution in [0.3, 0.4) is 0 Å². The van der Waals surface area contributed by atoms with E-state index >= 15 is 0 Å². The standard InChI is InChI=1S/C21H36N6O6/c1-13(2)7-8-17(29)27(14(12-28)5-3-9-25-21(23)24)20(33)16-6-4-10-26(16)19(32)15(22)11-18(30)31/h12-16H,3-11,22H2,1-2H3,(H,30,31)(H4,23,24,25)/t14-,15-,16-/m0/s1. The molecular formula is C21H36N6O6. The van der Waals surface area contributed by atoms with Crippen LogP contribution in [0.4, 0.5) is 0 Å². The quantitative estimate of drug-likeness (QED) is 0.115. The van der Waals surface area contributed by atoms with Crippen LogP contribution in [0.15, 0.2) is 4.99 Å². The van der Waals surface area contributed by atoms with Crippen LogP contribution in [0.5, 0.6) is 0 Å². The molecule has 3 amide bonds. The fraction of sp³-hybridized carbons (Fsp3) is 0.714. The summed E-state index contributed by atoms with van der Waals surface area (Å²) in [6.45, 7) is 4.32. The maximum Gasteiger partial charge on any atom is 0.305 e.